The fourth-order valence-corrected chi connectivity index (χ4v) is 2.08. The number of carbonyl (C=O) groups is 1. The van der Waals surface area contributed by atoms with E-state index in [-0.39, 0.29) is 5.91 Å². The summed E-state index contributed by atoms with van der Waals surface area (Å²) in [5.41, 5.74) is 0. The van der Waals surface area contributed by atoms with Crippen molar-refractivity contribution in [2.24, 2.45) is 5.92 Å². The lowest BCUT2D eigenvalue weighted by Crippen LogP contribution is -2.39. The molecule has 0 atom stereocenters. The summed E-state index contributed by atoms with van der Waals surface area (Å²) in [6, 6.07) is 0. The topological polar surface area (TPSA) is 49.4 Å². The van der Waals surface area contributed by atoms with Crippen molar-refractivity contribution in [2.75, 3.05) is 33.4 Å². The molecule has 1 saturated heterocycles. The van der Waals surface area contributed by atoms with Crippen LogP contribution in [0, 0.1) is 5.92 Å². The lowest BCUT2D eigenvalue weighted by atomic mass is 9.92. The van der Waals surface area contributed by atoms with Gasteiger partial charge in [0.05, 0.1) is 0 Å². The van der Waals surface area contributed by atoms with Gasteiger partial charge in [-0.3, -0.25) is 4.79 Å². The predicted octanol–water partition coefficient (Wildman–Crippen LogP) is 1.08. The van der Waals surface area contributed by atoms with Crippen LogP contribution in [0.2, 0.25) is 0 Å². The second kappa shape index (κ2) is 6.80. The number of amides is 1. The van der Waals surface area contributed by atoms with Crippen molar-refractivity contribution in [1.29, 1.82) is 0 Å². The Kier molecular flexibility index (Phi) is 5.65. The molecular weight excluding hydrogens is 194 g/mol. The first-order chi connectivity index (χ1) is 7.27. The van der Waals surface area contributed by atoms with Crippen molar-refractivity contribution < 1.29 is 14.6 Å². The van der Waals surface area contributed by atoms with Gasteiger partial charge in [-0.2, -0.15) is 0 Å². The van der Waals surface area contributed by atoms with Gasteiger partial charge in [0.1, 0.15) is 0 Å². The summed E-state index contributed by atoms with van der Waals surface area (Å²) < 4.78 is 5.00. The Balaban J connectivity index is 2.15. The monoisotopic (exact) mass is 214 g/mol. The molecule has 15 heavy (non-hydrogen) atoms. The molecule has 4 nitrogen and oxygen atoms in total. The molecule has 0 aromatic heterocycles. The van der Waals surface area contributed by atoms with Crippen molar-refractivity contribution >= 4 is 5.91 Å². The zero-order chi connectivity index (χ0) is 11.1. The number of likely N-dealkylation sites (tertiary alicyclic amines) is 1. The number of carbonyl (C=O) groups excluding carboxylic acids is 1. The summed E-state index contributed by atoms with van der Waals surface area (Å²) in [4.78, 5) is 12.8. The van der Waals surface area contributed by atoms with Gasteiger partial charge in [-0.05, 0) is 31.6 Å². The Morgan fingerprint density at radius 3 is 2.60 bits per heavy atom. The molecule has 0 saturated carbocycles. The molecule has 1 radical (unpaired) electrons. The molecule has 87 valence electrons. The van der Waals surface area contributed by atoms with Crippen LogP contribution in [0.4, 0.5) is 0 Å². The average Bonchev–Trinajstić information content (AvgIpc) is 2.29. The number of rotatable bonds is 5. The van der Waals surface area contributed by atoms with E-state index in [0.717, 1.165) is 39.0 Å². The number of hydrogen-bond acceptors (Lipinski definition) is 2. The summed E-state index contributed by atoms with van der Waals surface area (Å²) in [5.74, 6) is 0.459. The van der Waals surface area contributed by atoms with E-state index in [4.69, 9.17) is 4.74 Å². The van der Waals surface area contributed by atoms with Crippen LogP contribution < -0.4 is 0 Å². The van der Waals surface area contributed by atoms with Crippen LogP contribution in [0.15, 0.2) is 0 Å². The van der Waals surface area contributed by atoms with Gasteiger partial charge in [0, 0.05) is 26.8 Å². The molecule has 0 unspecified atom stereocenters. The van der Waals surface area contributed by atoms with Crippen molar-refractivity contribution in [3.05, 3.63) is 0 Å². The summed E-state index contributed by atoms with van der Waals surface area (Å²) in [6.45, 7) is 1.74. The van der Waals surface area contributed by atoms with Crippen LogP contribution in [0.3, 0.4) is 0 Å². The van der Waals surface area contributed by atoms with Gasteiger partial charge in [-0.25, -0.2) is 5.11 Å². The SMILES string of the molecule is COCCCC1CCN(C(=O)C[O])CC1. The first-order valence-corrected chi connectivity index (χ1v) is 5.62. The summed E-state index contributed by atoms with van der Waals surface area (Å²) in [5, 5.41) is 10.4. The molecule has 1 fully saturated rings. The number of nitrogens with zero attached hydrogens (tertiary/aromatic N) is 1. The number of ether oxygens (including phenoxy) is 1. The maximum atomic E-state index is 11.1. The average molecular weight is 214 g/mol. The molecule has 0 aromatic carbocycles. The summed E-state index contributed by atoms with van der Waals surface area (Å²) in [6.07, 6.45) is 4.34. The van der Waals surface area contributed by atoms with Crippen molar-refractivity contribution in [3.63, 3.8) is 0 Å². The number of hydrogen-bond donors (Lipinski definition) is 0. The fourth-order valence-electron chi connectivity index (χ4n) is 2.08. The van der Waals surface area contributed by atoms with Crippen LogP contribution in [-0.4, -0.2) is 44.2 Å². The van der Waals surface area contributed by atoms with E-state index < -0.39 is 6.61 Å². The third kappa shape index (κ3) is 4.18. The van der Waals surface area contributed by atoms with Crippen molar-refractivity contribution in [3.8, 4) is 0 Å². The summed E-state index contributed by atoms with van der Waals surface area (Å²) in [7, 11) is 1.72. The zero-order valence-electron chi connectivity index (χ0n) is 9.41. The van der Waals surface area contributed by atoms with E-state index in [2.05, 4.69) is 0 Å². The van der Waals surface area contributed by atoms with Crippen LogP contribution in [0.1, 0.15) is 25.7 Å². The molecule has 1 amide bonds. The van der Waals surface area contributed by atoms with Gasteiger partial charge in [0.2, 0.25) is 0 Å². The quantitative estimate of drug-likeness (QED) is 0.643. The van der Waals surface area contributed by atoms with E-state index in [1.165, 1.54) is 6.42 Å². The third-order valence-corrected chi connectivity index (χ3v) is 3.05. The van der Waals surface area contributed by atoms with E-state index in [9.17, 15) is 9.90 Å². The van der Waals surface area contributed by atoms with E-state index in [1.807, 2.05) is 0 Å². The van der Waals surface area contributed by atoms with Gasteiger partial charge in [-0.15, -0.1) is 0 Å². The minimum Gasteiger partial charge on any atom is -0.385 e. The highest BCUT2D eigenvalue weighted by atomic mass is 16.5. The molecular formula is C11H20NO3. The zero-order valence-corrected chi connectivity index (χ0v) is 9.41. The first kappa shape index (κ1) is 12.5. The van der Waals surface area contributed by atoms with Gasteiger partial charge >= 0.3 is 0 Å². The smallest absolute Gasteiger partial charge is 0.251 e. The Morgan fingerprint density at radius 2 is 2.07 bits per heavy atom. The molecule has 1 aliphatic heterocycles. The standard InChI is InChI=1S/C11H20NO3/c1-15-8-2-3-10-4-6-12(7-5-10)11(14)9-13/h10H,2-9H2,1H3. The normalized spacial score (nSPS) is 18.1. The molecule has 1 rings (SSSR count). The molecule has 0 spiro atoms. The maximum Gasteiger partial charge on any atom is 0.251 e. The lowest BCUT2D eigenvalue weighted by Gasteiger charge is -2.31. The van der Waals surface area contributed by atoms with E-state index in [0.29, 0.717) is 5.92 Å². The molecule has 4 heteroatoms. The fraction of sp³-hybridized carbons (Fsp3) is 0.909. The lowest BCUT2D eigenvalue weighted by molar-refractivity contribution is -0.137. The molecule has 0 aliphatic carbocycles. The van der Waals surface area contributed by atoms with Crippen molar-refractivity contribution in [2.45, 2.75) is 25.7 Å². The van der Waals surface area contributed by atoms with E-state index >= 15 is 0 Å². The first-order valence-electron chi connectivity index (χ1n) is 5.62. The van der Waals surface area contributed by atoms with Crippen LogP contribution in [0.5, 0.6) is 0 Å². The molecule has 1 heterocycles. The third-order valence-electron chi connectivity index (χ3n) is 3.05. The number of methoxy groups -OCH3 is 1. The van der Waals surface area contributed by atoms with Gasteiger partial charge in [0.15, 0.2) is 6.61 Å². The van der Waals surface area contributed by atoms with Gasteiger partial charge < -0.3 is 9.64 Å². The minimum absolute atomic E-state index is 0.245. The van der Waals surface area contributed by atoms with Crippen molar-refractivity contribution in [1.82, 2.24) is 4.90 Å². The Morgan fingerprint density at radius 1 is 1.40 bits per heavy atom. The molecule has 0 aromatic rings. The second-order valence-corrected chi connectivity index (χ2v) is 4.10. The summed E-state index contributed by atoms with van der Waals surface area (Å²) >= 11 is 0. The molecule has 1 aliphatic rings. The minimum atomic E-state index is -0.603. The van der Waals surface area contributed by atoms with Gasteiger partial charge in [-0.1, -0.05) is 0 Å². The van der Waals surface area contributed by atoms with Crippen LogP contribution >= 0.6 is 0 Å². The Bertz CT molecular complexity index is 188. The highest BCUT2D eigenvalue weighted by Gasteiger charge is 2.21. The van der Waals surface area contributed by atoms with Crippen LogP contribution in [0.25, 0.3) is 0 Å². The predicted molar refractivity (Wildman–Crippen MR) is 56.0 cm³/mol. The number of piperidine rings is 1. The van der Waals surface area contributed by atoms with Gasteiger partial charge in [0.25, 0.3) is 5.91 Å². The largest absolute Gasteiger partial charge is 0.385 e. The highest BCUT2D eigenvalue weighted by molar-refractivity contribution is 5.77. The Hall–Kier alpha value is -0.610. The maximum absolute atomic E-state index is 11.1. The highest BCUT2D eigenvalue weighted by Crippen LogP contribution is 2.21. The second-order valence-electron chi connectivity index (χ2n) is 4.10. The molecule has 0 N–H and O–H groups in total. The molecule has 0 bridgehead atoms. The van der Waals surface area contributed by atoms with Crippen LogP contribution in [-0.2, 0) is 14.6 Å². The van der Waals surface area contributed by atoms with E-state index in [1.54, 1.807) is 12.0 Å². The Labute approximate surface area is 91.2 Å².